The lowest BCUT2D eigenvalue weighted by molar-refractivity contribution is -0.302. The Morgan fingerprint density at radius 1 is 0.434 bits per heavy atom. The monoisotopic (exact) mass is 1080 g/mol. The first-order valence-electron chi connectivity index (χ1n) is 33.6. The molecule has 9 heteroatoms. The van der Waals surface area contributed by atoms with Gasteiger partial charge < -0.3 is 40.3 Å². The van der Waals surface area contributed by atoms with Gasteiger partial charge in [0.2, 0.25) is 5.91 Å². The van der Waals surface area contributed by atoms with Crippen LogP contribution in [0.1, 0.15) is 341 Å². The molecule has 1 aliphatic rings. The molecule has 76 heavy (non-hydrogen) atoms. The van der Waals surface area contributed by atoms with E-state index in [1.165, 1.54) is 283 Å². The summed E-state index contributed by atoms with van der Waals surface area (Å²) in [5.74, 6) is -0.178. The molecule has 9 nitrogen and oxygen atoms in total. The lowest BCUT2D eigenvalue weighted by Gasteiger charge is -2.40. The van der Waals surface area contributed by atoms with Crippen LogP contribution in [0.5, 0.6) is 0 Å². The number of amides is 1. The number of carbonyl (C=O) groups excluding carboxylic acids is 1. The Morgan fingerprint density at radius 2 is 0.750 bits per heavy atom. The zero-order chi connectivity index (χ0) is 55.0. The highest BCUT2D eigenvalue weighted by molar-refractivity contribution is 5.76. The van der Waals surface area contributed by atoms with Crippen LogP contribution in [0.25, 0.3) is 0 Å². The van der Waals surface area contributed by atoms with Gasteiger partial charge in [0.25, 0.3) is 0 Å². The van der Waals surface area contributed by atoms with Crippen molar-refractivity contribution in [2.75, 3.05) is 13.2 Å². The standard InChI is InChI=1S/C67H129NO8/c1-3-5-7-9-11-13-15-17-19-21-23-25-27-29-30-31-33-35-37-39-41-43-45-47-49-51-53-55-57-63(71)68-60(59-75-67-66(74)65(73)64(72)62(58-69)76-67)61(70)56-54-52-50-48-46-44-42-40-38-36-34-32-28-26-24-22-20-18-16-14-12-10-8-6-4-2/h46,48,54,56,60-62,64-67,69-70,72-74H,3-45,47,49-53,55,57-59H2,1-2H3,(H,68,71)/b48-46+,56-54+. The maximum absolute atomic E-state index is 13.1. The minimum atomic E-state index is -1.57. The largest absolute Gasteiger partial charge is 0.394 e. The molecule has 1 amide bonds. The third-order valence-electron chi connectivity index (χ3n) is 16.3. The van der Waals surface area contributed by atoms with Crippen LogP contribution in [0.3, 0.4) is 0 Å². The van der Waals surface area contributed by atoms with Gasteiger partial charge in [0.05, 0.1) is 25.4 Å². The van der Waals surface area contributed by atoms with E-state index in [0.29, 0.717) is 6.42 Å². The number of aliphatic hydroxyl groups is 5. The van der Waals surface area contributed by atoms with Crippen molar-refractivity contribution < 1.29 is 39.8 Å². The molecule has 7 unspecified atom stereocenters. The van der Waals surface area contributed by atoms with Crippen LogP contribution in [0, 0.1) is 0 Å². The average Bonchev–Trinajstić information content (AvgIpc) is 3.42. The van der Waals surface area contributed by atoms with Gasteiger partial charge in [-0.2, -0.15) is 0 Å². The highest BCUT2D eigenvalue weighted by Crippen LogP contribution is 2.23. The summed E-state index contributed by atoms with van der Waals surface area (Å²) in [6, 6.07) is -0.820. The highest BCUT2D eigenvalue weighted by Gasteiger charge is 2.44. The van der Waals surface area contributed by atoms with E-state index in [1.54, 1.807) is 6.08 Å². The first-order chi connectivity index (χ1) is 37.3. The second-order valence-corrected chi connectivity index (χ2v) is 23.6. The molecule has 6 N–H and O–H groups in total. The summed E-state index contributed by atoms with van der Waals surface area (Å²) in [5.41, 5.74) is 0. The number of unbranched alkanes of at least 4 members (excludes halogenated alkanes) is 47. The van der Waals surface area contributed by atoms with Crippen LogP contribution in [0.2, 0.25) is 0 Å². The first-order valence-corrected chi connectivity index (χ1v) is 33.6. The number of hydrogen-bond donors (Lipinski definition) is 6. The van der Waals surface area contributed by atoms with Crippen molar-refractivity contribution in [3.05, 3.63) is 24.3 Å². The quantitative estimate of drug-likeness (QED) is 0.0261. The molecule has 0 spiro atoms. The SMILES string of the molecule is CCCCCCCCCCCCCCCCCCCCC/C=C/CC/C=C/C(O)C(COC1OC(CO)C(O)C(O)C1O)NC(=O)CCCCCCCCCCCCCCCCCCCCCCCCCCCCCC. The smallest absolute Gasteiger partial charge is 0.220 e. The lowest BCUT2D eigenvalue weighted by Crippen LogP contribution is -2.60. The van der Waals surface area contributed by atoms with E-state index in [2.05, 4.69) is 31.3 Å². The van der Waals surface area contributed by atoms with Crippen molar-refractivity contribution in [1.82, 2.24) is 5.32 Å². The Bertz CT molecular complexity index is 1250. The summed E-state index contributed by atoms with van der Waals surface area (Å²) in [7, 11) is 0. The fourth-order valence-electron chi connectivity index (χ4n) is 11.0. The van der Waals surface area contributed by atoms with Gasteiger partial charge in [0.15, 0.2) is 6.29 Å². The van der Waals surface area contributed by atoms with Crippen LogP contribution >= 0.6 is 0 Å². The van der Waals surface area contributed by atoms with Crippen LogP contribution in [0.15, 0.2) is 24.3 Å². The van der Waals surface area contributed by atoms with Crippen LogP contribution in [-0.4, -0.2) is 87.5 Å². The van der Waals surface area contributed by atoms with E-state index in [0.717, 1.165) is 38.5 Å². The minimum Gasteiger partial charge on any atom is -0.394 e. The Balaban J connectivity index is 2.16. The number of nitrogens with one attached hydrogen (secondary N) is 1. The topological polar surface area (TPSA) is 149 Å². The van der Waals surface area contributed by atoms with Gasteiger partial charge in [-0.05, 0) is 32.1 Å². The van der Waals surface area contributed by atoms with Gasteiger partial charge in [-0.1, -0.05) is 327 Å². The molecule has 0 aromatic heterocycles. The van der Waals surface area contributed by atoms with Gasteiger partial charge in [0.1, 0.15) is 24.4 Å². The molecule has 0 radical (unpaired) electrons. The molecule has 1 heterocycles. The second kappa shape index (κ2) is 56.9. The summed E-state index contributed by atoms with van der Waals surface area (Å²) in [4.78, 5) is 13.1. The number of aliphatic hydroxyl groups excluding tert-OH is 5. The number of rotatable bonds is 59. The van der Waals surface area contributed by atoms with E-state index >= 15 is 0 Å². The zero-order valence-electron chi connectivity index (χ0n) is 50.3. The lowest BCUT2D eigenvalue weighted by atomic mass is 9.99. The molecule has 450 valence electrons. The normalized spacial score (nSPS) is 18.9. The maximum Gasteiger partial charge on any atom is 0.220 e. The van der Waals surface area contributed by atoms with Crippen molar-refractivity contribution in [2.24, 2.45) is 0 Å². The van der Waals surface area contributed by atoms with Gasteiger partial charge >= 0.3 is 0 Å². The van der Waals surface area contributed by atoms with E-state index in [1.807, 2.05) is 6.08 Å². The number of ether oxygens (including phenoxy) is 2. The summed E-state index contributed by atoms with van der Waals surface area (Å²) in [5, 5.41) is 54.7. The van der Waals surface area contributed by atoms with Crippen molar-refractivity contribution in [2.45, 2.75) is 384 Å². The molecule has 0 bridgehead atoms. The van der Waals surface area contributed by atoms with Crippen molar-refractivity contribution in [1.29, 1.82) is 0 Å². The Labute approximate surface area is 470 Å². The molecule has 0 saturated carbocycles. The molecule has 0 aromatic carbocycles. The molecule has 0 aliphatic carbocycles. The minimum absolute atomic E-state index is 0.178. The van der Waals surface area contributed by atoms with Crippen LogP contribution in [0.4, 0.5) is 0 Å². The van der Waals surface area contributed by atoms with Crippen LogP contribution < -0.4 is 5.32 Å². The fraction of sp³-hybridized carbons (Fsp3) is 0.925. The summed E-state index contributed by atoms with van der Waals surface area (Å²) < 4.78 is 11.3. The maximum atomic E-state index is 13.1. The van der Waals surface area contributed by atoms with Crippen molar-refractivity contribution in [3.63, 3.8) is 0 Å². The third kappa shape index (κ3) is 45.4. The third-order valence-corrected chi connectivity index (χ3v) is 16.3. The molecule has 0 aromatic rings. The molecule has 7 atom stereocenters. The van der Waals surface area contributed by atoms with Crippen molar-refractivity contribution >= 4 is 5.91 Å². The van der Waals surface area contributed by atoms with Crippen molar-refractivity contribution in [3.8, 4) is 0 Å². The molecule has 1 fully saturated rings. The Morgan fingerprint density at radius 3 is 1.11 bits per heavy atom. The predicted molar refractivity (Wildman–Crippen MR) is 323 cm³/mol. The molecule has 1 saturated heterocycles. The predicted octanol–water partition coefficient (Wildman–Crippen LogP) is 17.7. The zero-order valence-corrected chi connectivity index (χ0v) is 50.3. The highest BCUT2D eigenvalue weighted by atomic mass is 16.7. The average molecular weight is 1080 g/mol. The number of hydrogen-bond acceptors (Lipinski definition) is 8. The Kier molecular flexibility index (Phi) is 54.4. The van der Waals surface area contributed by atoms with Gasteiger partial charge in [0, 0.05) is 6.42 Å². The summed E-state index contributed by atoms with van der Waals surface area (Å²) in [6.07, 6.45) is 67.1. The van der Waals surface area contributed by atoms with Crippen LogP contribution in [-0.2, 0) is 14.3 Å². The fourth-order valence-corrected chi connectivity index (χ4v) is 11.0. The van der Waals surface area contributed by atoms with Gasteiger partial charge in [-0.15, -0.1) is 0 Å². The van der Waals surface area contributed by atoms with Gasteiger partial charge in [-0.25, -0.2) is 0 Å². The number of carbonyl (C=O) groups is 1. The summed E-state index contributed by atoms with van der Waals surface area (Å²) >= 11 is 0. The van der Waals surface area contributed by atoms with Gasteiger partial charge in [-0.3, -0.25) is 4.79 Å². The second-order valence-electron chi connectivity index (χ2n) is 23.6. The number of allylic oxidation sites excluding steroid dienone is 3. The molecular formula is C67H129NO8. The molecule has 1 aliphatic heterocycles. The molecule has 1 rings (SSSR count). The first kappa shape index (κ1) is 72.7. The Hall–Kier alpha value is -1.33. The summed E-state index contributed by atoms with van der Waals surface area (Å²) in [6.45, 7) is 3.82. The molecular weight excluding hydrogens is 947 g/mol. The van der Waals surface area contributed by atoms with E-state index in [-0.39, 0.29) is 12.5 Å². The van der Waals surface area contributed by atoms with E-state index in [9.17, 15) is 30.3 Å². The van der Waals surface area contributed by atoms with E-state index in [4.69, 9.17) is 9.47 Å². The van der Waals surface area contributed by atoms with E-state index < -0.39 is 49.5 Å².